The molecule has 0 spiro atoms. The van der Waals surface area contributed by atoms with Crippen molar-refractivity contribution in [3.8, 4) is 5.75 Å². The molecule has 0 radical (unpaired) electrons. The second kappa shape index (κ2) is 4.92. The van der Waals surface area contributed by atoms with Gasteiger partial charge in [-0.25, -0.2) is 4.99 Å². The highest BCUT2D eigenvalue weighted by Gasteiger charge is 2.33. The smallest absolute Gasteiger partial charge is 0.121 e. The van der Waals surface area contributed by atoms with Crippen molar-refractivity contribution in [3.05, 3.63) is 59.7 Å². The van der Waals surface area contributed by atoms with Crippen LogP contribution in [0.3, 0.4) is 0 Å². The third kappa shape index (κ3) is 2.00. The van der Waals surface area contributed by atoms with Crippen LogP contribution in [0.2, 0.25) is 0 Å². The van der Waals surface area contributed by atoms with Crippen LogP contribution in [-0.4, -0.2) is 24.4 Å². The number of rotatable bonds is 2. The predicted octanol–water partition coefficient (Wildman–Crippen LogP) is 3.92. The van der Waals surface area contributed by atoms with Crippen molar-refractivity contribution in [1.29, 1.82) is 0 Å². The lowest BCUT2D eigenvalue weighted by molar-refractivity contribution is 0.379. The molecule has 4 rings (SSSR count). The monoisotopic (exact) mass is 278 g/mol. The Morgan fingerprint density at radius 1 is 1.14 bits per heavy atom. The van der Waals surface area contributed by atoms with Gasteiger partial charge in [-0.3, -0.25) is 0 Å². The summed E-state index contributed by atoms with van der Waals surface area (Å²) in [5.41, 5.74) is 3.65. The normalized spacial score (nSPS) is 19.8. The van der Waals surface area contributed by atoms with Crippen LogP contribution in [-0.2, 0) is 0 Å². The van der Waals surface area contributed by atoms with E-state index >= 15 is 0 Å². The van der Waals surface area contributed by atoms with Crippen molar-refractivity contribution >= 4 is 11.5 Å². The number of methoxy groups -OCH3 is 1. The van der Waals surface area contributed by atoms with Crippen LogP contribution in [0.25, 0.3) is 0 Å². The molecule has 1 fully saturated rings. The maximum absolute atomic E-state index is 5.35. The van der Waals surface area contributed by atoms with Crippen molar-refractivity contribution in [3.63, 3.8) is 0 Å². The van der Waals surface area contributed by atoms with Gasteiger partial charge in [-0.15, -0.1) is 0 Å². The molecule has 0 amide bonds. The molecule has 0 bridgehead atoms. The number of hydrogen-bond acceptors (Lipinski definition) is 3. The molecule has 21 heavy (non-hydrogen) atoms. The van der Waals surface area contributed by atoms with Gasteiger partial charge < -0.3 is 9.64 Å². The van der Waals surface area contributed by atoms with Gasteiger partial charge in [0.05, 0.1) is 18.8 Å². The molecule has 1 atom stereocenters. The van der Waals surface area contributed by atoms with Crippen LogP contribution in [0.4, 0.5) is 5.69 Å². The summed E-state index contributed by atoms with van der Waals surface area (Å²) < 4.78 is 5.35. The average molecular weight is 278 g/mol. The van der Waals surface area contributed by atoms with E-state index in [0.29, 0.717) is 0 Å². The molecule has 2 aromatic rings. The van der Waals surface area contributed by atoms with Crippen molar-refractivity contribution in [2.75, 3.05) is 13.7 Å². The van der Waals surface area contributed by atoms with Gasteiger partial charge in [0.2, 0.25) is 0 Å². The lowest BCUT2D eigenvalue weighted by Gasteiger charge is -2.35. The Labute approximate surface area is 124 Å². The molecule has 0 N–H and O–H groups in total. The zero-order valence-corrected chi connectivity index (χ0v) is 12.1. The quantitative estimate of drug-likeness (QED) is 0.831. The maximum Gasteiger partial charge on any atom is 0.121 e. The van der Waals surface area contributed by atoms with E-state index < -0.39 is 0 Å². The van der Waals surface area contributed by atoms with Crippen molar-refractivity contribution in [2.24, 2.45) is 4.99 Å². The fraction of sp³-hybridized carbons (Fsp3) is 0.278. The van der Waals surface area contributed by atoms with Crippen LogP contribution in [0.5, 0.6) is 5.75 Å². The van der Waals surface area contributed by atoms with Crippen LogP contribution in [0.15, 0.2) is 53.5 Å². The highest BCUT2D eigenvalue weighted by Crippen LogP contribution is 2.43. The fourth-order valence-electron chi connectivity index (χ4n) is 3.36. The second-order valence-corrected chi connectivity index (χ2v) is 5.56. The molecule has 0 aromatic heterocycles. The van der Waals surface area contributed by atoms with Crippen LogP contribution in [0, 0.1) is 0 Å². The zero-order chi connectivity index (χ0) is 14.2. The minimum Gasteiger partial charge on any atom is -0.497 e. The lowest BCUT2D eigenvalue weighted by atomic mass is 9.94. The standard InChI is InChI=1S/C18H18N2O/c1-21-14-9-10-15-16(12-14)19-17-8-5-11-20(17)18(15)13-6-3-2-4-7-13/h2-4,6-7,9-10,12,18H,5,8,11H2,1H3. The Kier molecular flexibility index (Phi) is 2.92. The molecule has 2 heterocycles. The van der Waals surface area contributed by atoms with Gasteiger partial charge in [0.15, 0.2) is 0 Å². The number of amidine groups is 1. The van der Waals surface area contributed by atoms with Gasteiger partial charge in [0.25, 0.3) is 0 Å². The molecule has 0 saturated carbocycles. The largest absolute Gasteiger partial charge is 0.497 e. The summed E-state index contributed by atoms with van der Waals surface area (Å²) in [6, 6.07) is 17.2. The third-order valence-electron chi connectivity index (χ3n) is 4.34. The van der Waals surface area contributed by atoms with E-state index in [1.165, 1.54) is 23.4 Å². The SMILES string of the molecule is COc1ccc2c(c1)N=C1CCCN1C2c1ccccc1. The van der Waals surface area contributed by atoms with Gasteiger partial charge in [0, 0.05) is 24.6 Å². The van der Waals surface area contributed by atoms with E-state index in [4.69, 9.17) is 9.73 Å². The Morgan fingerprint density at radius 2 is 2.00 bits per heavy atom. The minimum absolute atomic E-state index is 0.280. The molecular weight excluding hydrogens is 260 g/mol. The average Bonchev–Trinajstić information content (AvgIpc) is 3.00. The molecule has 106 valence electrons. The first kappa shape index (κ1) is 12.5. The maximum atomic E-state index is 5.35. The summed E-state index contributed by atoms with van der Waals surface area (Å²) in [5, 5.41) is 0. The van der Waals surface area contributed by atoms with Crippen LogP contribution < -0.4 is 4.74 Å². The number of hydrogen-bond donors (Lipinski definition) is 0. The summed E-state index contributed by atoms with van der Waals surface area (Å²) in [7, 11) is 1.70. The van der Waals surface area contributed by atoms with Crippen molar-refractivity contribution in [2.45, 2.75) is 18.9 Å². The predicted molar refractivity (Wildman–Crippen MR) is 84.3 cm³/mol. The third-order valence-corrected chi connectivity index (χ3v) is 4.34. The Hall–Kier alpha value is -2.29. The molecule has 2 aliphatic heterocycles. The fourth-order valence-corrected chi connectivity index (χ4v) is 3.36. The van der Waals surface area contributed by atoms with Gasteiger partial charge in [-0.05, 0) is 18.1 Å². The molecule has 3 nitrogen and oxygen atoms in total. The number of aliphatic imine (C=N–C) groups is 1. The molecule has 1 unspecified atom stereocenters. The first-order valence-corrected chi connectivity index (χ1v) is 7.44. The van der Waals surface area contributed by atoms with Crippen molar-refractivity contribution < 1.29 is 4.74 Å². The van der Waals surface area contributed by atoms with E-state index in [2.05, 4.69) is 41.3 Å². The topological polar surface area (TPSA) is 24.8 Å². The molecule has 2 aromatic carbocycles. The Morgan fingerprint density at radius 3 is 2.81 bits per heavy atom. The second-order valence-electron chi connectivity index (χ2n) is 5.56. The summed E-state index contributed by atoms with van der Waals surface area (Å²) in [6.45, 7) is 1.09. The lowest BCUT2D eigenvalue weighted by Crippen LogP contribution is -2.33. The summed E-state index contributed by atoms with van der Waals surface area (Å²) in [5.74, 6) is 2.08. The molecule has 1 saturated heterocycles. The molecule has 3 heteroatoms. The van der Waals surface area contributed by atoms with E-state index in [-0.39, 0.29) is 6.04 Å². The summed E-state index contributed by atoms with van der Waals surface area (Å²) in [4.78, 5) is 7.30. The van der Waals surface area contributed by atoms with E-state index in [9.17, 15) is 0 Å². The van der Waals surface area contributed by atoms with Crippen LogP contribution in [0.1, 0.15) is 30.0 Å². The molecular formula is C18H18N2O. The highest BCUT2D eigenvalue weighted by molar-refractivity contribution is 5.90. The van der Waals surface area contributed by atoms with Gasteiger partial charge >= 0.3 is 0 Å². The van der Waals surface area contributed by atoms with E-state index in [1.807, 2.05) is 12.1 Å². The number of nitrogens with zero attached hydrogens (tertiary/aromatic N) is 2. The summed E-state index contributed by atoms with van der Waals surface area (Å²) in [6.07, 6.45) is 2.26. The van der Waals surface area contributed by atoms with E-state index in [0.717, 1.165) is 24.4 Å². The highest BCUT2D eigenvalue weighted by atomic mass is 16.5. The first-order valence-electron chi connectivity index (χ1n) is 7.44. The number of benzene rings is 2. The van der Waals surface area contributed by atoms with Gasteiger partial charge in [-0.1, -0.05) is 36.4 Å². The Balaban J connectivity index is 1.88. The van der Waals surface area contributed by atoms with Crippen molar-refractivity contribution in [1.82, 2.24) is 4.90 Å². The minimum atomic E-state index is 0.280. The summed E-state index contributed by atoms with van der Waals surface area (Å²) >= 11 is 0. The molecule has 0 aliphatic carbocycles. The Bertz CT molecular complexity index is 694. The molecule has 2 aliphatic rings. The number of ether oxygens (including phenoxy) is 1. The zero-order valence-electron chi connectivity index (χ0n) is 12.1. The van der Waals surface area contributed by atoms with Crippen LogP contribution >= 0.6 is 0 Å². The number of fused-ring (bicyclic) bond motifs is 2. The van der Waals surface area contributed by atoms with Gasteiger partial charge in [0.1, 0.15) is 11.6 Å². The first-order chi connectivity index (χ1) is 10.4. The van der Waals surface area contributed by atoms with E-state index in [1.54, 1.807) is 7.11 Å². The van der Waals surface area contributed by atoms with Gasteiger partial charge in [-0.2, -0.15) is 0 Å².